The molecule has 134 valence electrons. The fourth-order valence-corrected chi connectivity index (χ4v) is 3.51. The predicted octanol–water partition coefficient (Wildman–Crippen LogP) is 2.17. The van der Waals surface area contributed by atoms with Gasteiger partial charge in [-0.15, -0.1) is 0 Å². The number of aromatic nitrogens is 4. The van der Waals surface area contributed by atoms with Crippen LogP contribution in [-0.2, 0) is 11.3 Å². The molecule has 2 aromatic heterocycles. The van der Waals surface area contributed by atoms with Crippen LogP contribution in [0.2, 0.25) is 0 Å². The Labute approximate surface area is 152 Å². The fourth-order valence-electron chi connectivity index (χ4n) is 3.51. The maximum atomic E-state index is 12.6. The van der Waals surface area contributed by atoms with Gasteiger partial charge in [0.2, 0.25) is 5.91 Å². The molecule has 0 radical (unpaired) electrons. The minimum absolute atomic E-state index is 0.00457. The van der Waals surface area contributed by atoms with Gasteiger partial charge in [-0.3, -0.25) is 14.4 Å². The molecule has 0 unspecified atom stereocenters. The van der Waals surface area contributed by atoms with Crippen molar-refractivity contribution in [2.45, 2.75) is 25.4 Å². The molecule has 3 aromatic rings. The van der Waals surface area contributed by atoms with Crippen LogP contribution in [0, 0.1) is 0 Å². The molecule has 0 aliphatic carbocycles. The number of imidazole rings is 1. The van der Waals surface area contributed by atoms with Crippen LogP contribution < -0.4 is 5.32 Å². The third kappa shape index (κ3) is 3.67. The van der Waals surface area contributed by atoms with Crippen molar-refractivity contribution >= 4 is 11.6 Å². The second-order valence-corrected chi connectivity index (χ2v) is 6.53. The Kier molecular flexibility index (Phi) is 4.79. The fraction of sp³-hybridized carbons (Fsp3) is 0.316. The maximum Gasteiger partial charge on any atom is 0.238 e. The molecule has 1 atom stereocenters. The van der Waals surface area contributed by atoms with Gasteiger partial charge < -0.3 is 9.88 Å². The number of carbonyl (C=O) groups excluding carboxylic acids is 1. The van der Waals surface area contributed by atoms with Crippen LogP contribution in [0.25, 0.3) is 5.69 Å². The lowest BCUT2D eigenvalue weighted by Gasteiger charge is -2.24. The van der Waals surface area contributed by atoms with Crippen LogP contribution in [0.1, 0.15) is 12.8 Å². The monoisotopic (exact) mass is 350 g/mol. The summed E-state index contributed by atoms with van der Waals surface area (Å²) in [5.41, 5.74) is 1.70. The summed E-state index contributed by atoms with van der Waals surface area (Å²) >= 11 is 0. The van der Waals surface area contributed by atoms with E-state index in [1.54, 1.807) is 18.7 Å². The topological polar surface area (TPSA) is 68.0 Å². The number of nitrogens with zero attached hydrogens (tertiary/aromatic N) is 5. The van der Waals surface area contributed by atoms with E-state index >= 15 is 0 Å². The molecule has 1 aromatic carbocycles. The normalized spacial score (nSPS) is 17.5. The number of carbonyl (C=O) groups is 1. The Morgan fingerprint density at radius 1 is 1.19 bits per heavy atom. The zero-order valence-electron chi connectivity index (χ0n) is 14.5. The molecule has 1 aliphatic rings. The summed E-state index contributed by atoms with van der Waals surface area (Å²) in [5, 5.41) is 7.34. The van der Waals surface area contributed by atoms with Crippen molar-refractivity contribution in [2.75, 3.05) is 18.4 Å². The molecule has 7 nitrogen and oxygen atoms in total. The smallest absolute Gasteiger partial charge is 0.238 e. The second kappa shape index (κ2) is 7.53. The maximum absolute atomic E-state index is 12.6. The van der Waals surface area contributed by atoms with Crippen molar-refractivity contribution in [1.29, 1.82) is 0 Å². The van der Waals surface area contributed by atoms with E-state index in [0.717, 1.165) is 37.3 Å². The van der Waals surface area contributed by atoms with Crippen molar-refractivity contribution in [3.05, 3.63) is 61.4 Å². The van der Waals surface area contributed by atoms with Gasteiger partial charge in [-0.05, 0) is 37.6 Å². The first-order chi connectivity index (χ1) is 12.8. The zero-order valence-corrected chi connectivity index (χ0v) is 14.5. The Bertz CT molecular complexity index is 843. The van der Waals surface area contributed by atoms with E-state index in [2.05, 4.69) is 20.3 Å². The molecular formula is C19H22N6O. The molecular weight excluding hydrogens is 328 g/mol. The molecule has 1 aliphatic heterocycles. The number of anilines is 1. The number of likely N-dealkylation sites (tertiary alicyclic amines) is 1. The minimum Gasteiger partial charge on any atom is -0.323 e. The first kappa shape index (κ1) is 16.5. The van der Waals surface area contributed by atoms with Gasteiger partial charge in [-0.2, -0.15) is 5.10 Å². The minimum atomic E-state index is 0.00457. The molecule has 1 amide bonds. The standard InChI is InChI=1S/C19H22N6O/c26-19(14-23-10-3-5-16(23)13-25-11-4-8-21-25)22-17-6-1-2-7-18(17)24-12-9-20-15-24/h1-2,4,6-9,11-12,15-16H,3,5,10,13-14H2,(H,22,26)/t16-/m1/s1. The number of benzene rings is 1. The van der Waals surface area contributed by atoms with Crippen LogP contribution in [0.15, 0.2) is 61.4 Å². The Hall–Kier alpha value is -2.93. The van der Waals surface area contributed by atoms with Crippen LogP contribution in [0.4, 0.5) is 5.69 Å². The van der Waals surface area contributed by atoms with Gasteiger partial charge >= 0.3 is 0 Å². The van der Waals surface area contributed by atoms with Crippen LogP contribution >= 0.6 is 0 Å². The number of nitrogens with one attached hydrogen (secondary N) is 1. The second-order valence-electron chi connectivity index (χ2n) is 6.53. The molecule has 26 heavy (non-hydrogen) atoms. The summed E-state index contributed by atoms with van der Waals surface area (Å²) in [7, 11) is 0. The third-order valence-electron chi connectivity index (χ3n) is 4.76. The summed E-state index contributed by atoms with van der Waals surface area (Å²) < 4.78 is 3.83. The average Bonchev–Trinajstić information content (AvgIpc) is 3.39. The summed E-state index contributed by atoms with van der Waals surface area (Å²) in [6.45, 7) is 2.17. The highest BCUT2D eigenvalue weighted by atomic mass is 16.2. The van der Waals surface area contributed by atoms with Crippen molar-refractivity contribution in [1.82, 2.24) is 24.2 Å². The molecule has 1 N–H and O–H groups in total. The Balaban J connectivity index is 1.41. The highest BCUT2D eigenvalue weighted by Gasteiger charge is 2.26. The Morgan fingerprint density at radius 3 is 2.92 bits per heavy atom. The summed E-state index contributed by atoms with van der Waals surface area (Å²) in [4.78, 5) is 19.0. The molecule has 0 bridgehead atoms. The number of hydrogen-bond donors (Lipinski definition) is 1. The number of amides is 1. The van der Waals surface area contributed by atoms with Crippen LogP contribution in [0.5, 0.6) is 0 Å². The van der Waals surface area contributed by atoms with Gasteiger partial charge in [0.15, 0.2) is 0 Å². The number of para-hydroxylation sites is 2. The van der Waals surface area contributed by atoms with Gasteiger partial charge in [0, 0.05) is 30.8 Å². The number of hydrogen-bond acceptors (Lipinski definition) is 4. The molecule has 7 heteroatoms. The SMILES string of the molecule is O=C(CN1CCC[C@@H]1Cn1cccn1)Nc1ccccc1-n1ccnc1. The molecule has 1 saturated heterocycles. The van der Waals surface area contributed by atoms with Gasteiger partial charge in [0.05, 0.1) is 30.8 Å². The van der Waals surface area contributed by atoms with Gasteiger partial charge in [-0.25, -0.2) is 4.98 Å². The molecule has 0 spiro atoms. The summed E-state index contributed by atoms with van der Waals surface area (Å²) in [6, 6.07) is 10.0. The quantitative estimate of drug-likeness (QED) is 0.740. The van der Waals surface area contributed by atoms with E-state index in [1.807, 2.05) is 52.0 Å². The Morgan fingerprint density at radius 2 is 2.12 bits per heavy atom. The van der Waals surface area contributed by atoms with E-state index in [0.29, 0.717) is 12.6 Å². The molecule has 4 rings (SSSR count). The highest BCUT2D eigenvalue weighted by molar-refractivity contribution is 5.94. The number of rotatable bonds is 6. The van der Waals surface area contributed by atoms with Crippen LogP contribution in [-0.4, -0.2) is 49.3 Å². The van der Waals surface area contributed by atoms with Gasteiger partial charge in [0.25, 0.3) is 0 Å². The van der Waals surface area contributed by atoms with E-state index in [9.17, 15) is 4.79 Å². The molecule has 3 heterocycles. The van der Waals surface area contributed by atoms with E-state index < -0.39 is 0 Å². The van der Waals surface area contributed by atoms with E-state index in [4.69, 9.17) is 0 Å². The van der Waals surface area contributed by atoms with Gasteiger partial charge in [-0.1, -0.05) is 12.1 Å². The average molecular weight is 350 g/mol. The van der Waals surface area contributed by atoms with E-state index in [1.165, 1.54) is 0 Å². The van der Waals surface area contributed by atoms with Crippen molar-refractivity contribution in [2.24, 2.45) is 0 Å². The third-order valence-corrected chi connectivity index (χ3v) is 4.76. The largest absolute Gasteiger partial charge is 0.323 e. The van der Waals surface area contributed by atoms with Crippen molar-refractivity contribution in [3.63, 3.8) is 0 Å². The van der Waals surface area contributed by atoms with Crippen molar-refractivity contribution in [3.8, 4) is 5.69 Å². The summed E-state index contributed by atoms with van der Waals surface area (Å²) in [5.74, 6) is 0.00457. The lowest BCUT2D eigenvalue weighted by Crippen LogP contribution is -2.39. The lowest BCUT2D eigenvalue weighted by atomic mass is 10.2. The predicted molar refractivity (Wildman–Crippen MR) is 99.0 cm³/mol. The lowest BCUT2D eigenvalue weighted by molar-refractivity contribution is -0.117. The highest BCUT2D eigenvalue weighted by Crippen LogP contribution is 2.21. The first-order valence-corrected chi connectivity index (χ1v) is 8.88. The van der Waals surface area contributed by atoms with Gasteiger partial charge in [0.1, 0.15) is 0 Å². The molecule has 1 fully saturated rings. The zero-order chi connectivity index (χ0) is 17.8. The first-order valence-electron chi connectivity index (χ1n) is 8.88. The van der Waals surface area contributed by atoms with E-state index in [-0.39, 0.29) is 5.91 Å². The van der Waals surface area contributed by atoms with Crippen LogP contribution in [0.3, 0.4) is 0 Å². The van der Waals surface area contributed by atoms with Crippen molar-refractivity contribution < 1.29 is 4.79 Å². The summed E-state index contributed by atoms with van der Waals surface area (Å²) in [6.07, 6.45) is 11.3. The molecule has 0 saturated carbocycles.